The molecule has 0 aliphatic carbocycles. The lowest BCUT2D eigenvalue weighted by Crippen LogP contribution is -2.14. The number of rotatable bonds is 4. The summed E-state index contributed by atoms with van der Waals surface area (Å²) in [4.78, 5) is 28.5. The van der Waals surface area contributed by atoms with Crippen LogP contribution in [0.3, 0.4) is 0 Å². The van der Waals surface area contributed by atoms with E-state index in [9.17, 15) is 9.59 Å². The summed E-state index contributed by atoms with van der Waals surface area (Å²) in [5.41, 5.74) is 1.68. The van der Waals surface area contributed by atoms with Gasteiger partial charge in [-0.1, -0.05) is 69.8 Å². The lowest BCUT2D eigenvalue weighted by molar-refractivity contribution is -0.114. The predicted molar refractivity (Wildman–Crippen MR) is 110 cm³/mol. The molecule has 3 rings (SSSR count). The highest BCUT2D eigenvalue weighted by Crippen LogP contribution is 2.33. The van der Waals surface area contributed by atoms with Gasteiger partial charge in [-0.15, -0.1) is 0 Å². The molecule has 25 heavy (non-hydrogen) atoms. The van der Waals surface area contributed by atoms with E-state index in [0.717, 1.165) is 15.7 Å². The molecule has 2 aromatic rings. The Balaban J connectivity index is 1.53. The number of amides is 2. The summed E-state index contributed by atoms with van der Waals surface area (Å²) in [5, 5.41) is 2.81. The van der Waals surface area contributed by atoms with Crippen molar-refractivity contribution in [3.8, 4) is 0 Å². The maximum atomic E-state index is 12.0. The SMILES string of the molecule is O=C(CSC1=NC(=O)/C(=C/c2ccccc2)S1)Nc1ccc(Br)cc1. The molecule has 7 heteroatoms. The third-order valence-corrected chi connectivity index (χ3v) is 5.81. The standard InChI is InChI=1S/C18H13BrN2O2S2/c19-13-6-8-14(9-7-13)20-16(22)11-24-18-21-17(23)15(25-18)10-12-4-2-1-3-5-12/h1-10H,11H2,(H,20,22)/b15-10-. The molecule has 2 aromatic carbocycles. The van der Waals surface area contributed by atoms with Gasteiger partial charge in [0.25, 0.3) is 5.91 Å². The summed E-state index contributed by atoms with van der Waals surface area (Å²) >= 11 is 5.91. The van der Waals surface area contributed by atoms with Crippen LogP contribution in [0.5, 0.6) is 0 Å². The molecular formula is C18H13BrN2O2S2. The van der Waals surface area contributed by atoms with Crippen LogP contribution in [-0.4, -0.2) is 21.9 Å². The Labute approximate surface area is 162 Å². The molecule has 1 heterocycles. The fourth-order valence-corrected chi connectivity index (χ4v) is 4.07. The van der Waals surface area contributed by atoms with E-state index in [-0.39, 0.29) is 17.6 Å². The van der Waals surface area contributed by atoms with Gasteiger partial charge in [-0.25, -0.2) is 0 Å². The molecule has 0 bridgehead atoms. The van der Waals surface area contributed by atoms with Crippen molar-refractivity contribution in [1.82, 2.24) is 0 Å². The Hall–Kier alpha value is -1.83. The molecule has 2 amide bonds. The number of nitrogens with one attached hydrogen (secondary N) is 1. The van der Waals surface area contributed by atoms with Crippen LogP contribution in [0.1, 0.15) is 5.56 Å². The van der Waals surface area contributed by atoms with Gasteiger partial charge >= 0.3 is 0 Å². The number of benzene rings is 2. The number of aliphatic imine (C=N–C) groups is 1. The summed E-state index contributed by atoms with van der Waals surface area (Å²) in [5.74, 6) is -0.193. The van der Waals surface area contributed by atoms with Crippen molar-refractivity contribution in [2.45, 2.75) is 0 Å². The molecule has 0 fully saturated rings. The van der Waals surface area contributed by atoms with Crippen molar-refractivity contribution >= 4 is 67.4 Å². The predicted octanol–water partition coefficient (Wildman–Crippen LogP) is 4.79. The number of carbonyl (C=O) groups is 2. The third kappa shape index (κ3) is 5.32. The van der Waals surface area contributed by atoms with Gasteiger partial charge in [0.05, 0.1) is 10.7 Å². The maximum Gasteiger partial charge on any atom is 0.285 e. The normalized spacial score (nSPS) is 15.3. The molecule has 1 aliphatic rings. The summed E-state index contributed by atoms with van der Waals surface area (Å²) in [6.07, 6.45) is 1.81. The first-order valence-corrected chi connectivity index (χ1v) is 9.95. The van der Waals surface area contributed by atoms with Gasteiger partial charge in [-0.2, -0.15) is 4.99 Å². The molecule has 126 valence electrons. The maximum absolute atomic E-state index is 12.0. The van der Waals surface area contributed by atoms with Gasteiger partial charge in [0.2, 0.25) is 5.91 Å². The minimum absolute atomic E-state index is 0.136. The number of carbonyl (C=O) groups excluding carboxylic acids is 2. The summed E-state index contributed by atoms with van der Waals surface area (Å²) in [6, 6.07) is 17.0. The van der Waals surface area contributed by atoms with Crippen LogP contribution in [0.25, 0.3) is 6.08 Å². The minimum atomic E-state index is -0.260. The molecule has 4 nitrogen and oxygen atoms in total. The van der Waals surface area contributed by atoms with Crippen molar-refractivity contribution in [3.63, 3.8) is 0 Å². The van der Waals surface area contributed by atoms with E-state index in [1.54, 1.807) is 0 Å². The fourth-order valence-electron chi connectivity index (χ4n) is 2.01. The van der Waals surface area contributed by atoms with Crippen molar-refractivity contribution < 1.29 is 9.59 Å². The van der Waals surface area contributed by atoms with Crippen molar-refractivity contribution in [2.24, 2.45) is 4.99 Å². The molecule has 0 saturated carbocycles. The smallest absolute Gasteiger partial charge is 0.285 e. The van der Waals surface area contributed by atoms with E-state index in [0.29, 0.717) is 9.28 Å². The Bertz CT molecular complexity index is 849. The number of halogens is 1. The lowest BCUT2D eigenvalue weighted by atomic mass is 10.2. The zero-order valence-corrected chi connectivity index (χ0v) is 16.2. The first-order valence-electron chi connectivity index (χ1n) is 7.36. The largest absolute Gasteiger partial charge is 0.325 e. The average molecular weight is 433 g/mol. The second kappa shape index (κ2) is 8.51. The number of nitrogens with zero attached hydrogens (tertiary/aromatic N) is 1. The van der Waals surface area contributed by atoms with E-state index < -0.39 is 0 Å². The van der Waals surface area contributed by atoms with Gasteiger partial charge in [0.1, 0.15) is 4.38 Å². The molecule has 0 radical (unpaired) electrons. The Morgan fingerprint density at radius 1 is 1.16 bits per heavy atom. The summed E-state index contributed by atoms with van der Waals surface area (Å²) < 4.78 is 1.55. The van der Waals surface area contributed by atoms with E-state index in [1.165, 1.54) is 23.5 Å². The molecule has 0 unspecified atom stereocenters. The Morgan fingerprint density at radius 3 is 2.60 bits per heavy atom. The molecular weight excluding hydrogens is 420 g/mol. The van der Waals surface area contributed by atoms with Gasteiger partial charge < -0.3 is 5.32 Å². The molecule has 0 saturated heterocycles. The highest BCUT2D eigenvalue weighted by Gasteiger charge is 2.22. The monoisotopic (exact) mass is 432 g/mol. The van der Waals surface area contributed by atoms with E-state index >= 15 is 0 Å². The number of anilines is 1. The van der Waals surface area contributed by atoms with Gasteiger partial charge in [-0.3, -0.25) is 9.59 Å². The molecule has 1 N–H and O–H groups in total. The van der Waals surface area contributed by atoms with Gasteiger partial charge in [-0.05, 0) is 35.9 Å². The van der Waals surface area contributed by atoms with Crippen LogP contribution < -0.4 is 5.32 Å². The summed E-state index contributed by atoms with van der Waals surface area (Å²) in [7, 11) is 0. The molecule has 0 spiro atoms. The van der Waals surface area contributed by atoms with Crippen molar-refractivity contribution in [2.75, 3.05) is 11.1 Å². The van der Waals surface area contributed by atoms with Crippen molar-refractivity contribution in [3.05, 3.63) is 69.5 Å². The van der Waals surface area contributed by atoms with E-state index in [1.807, 2.05) is 60.7 Å². The Morgan fingerprint density at radius 2 is 1.88 bits per heavy atom. The zero-order valence-electron chi connectivity index (χ0n) is 12.9. The molecule has 1 aliphatic heterocycles. The van der Waals surface area contributed by atoms with Crippen LogP contribution in [0, 0.1) is 0 Å². The highest BCUT2D eigenvalue weighted by molar-refractivity contribution is 9.10. The highest BCUT2D eigenvalue weighted by atomic mass is 79.9. The number of thioether (sulfide) groups is 2. The number of hydrogen-bond acceptors (Lipinski definition) is 4. The summed E-state index contributed by atoms with van der Waals surface area (Å²) in [6.45, 7) is 0. The van der Waals surface area contributed by atoms with Gasteiger partial charge in [0, 0.05) is 10.2 Å². The van der Waals surface area contributed by atoms with E-state index in [2.05, 4.69) is 26.2 Å². The van der Waals surface area contributed by atoms with Crippen LogP contribution in [0.4, 0.5) is 5.69 Å². The van der Waals surface area contributed by atoms with Crippen LogP contribution >= 0.6 is 39.5 Å². The second-order valence-electron chi connectivity index (χ2n) is 5.05. The van der Waals surface area contributed by atoms with Crippen molar-refractivity contribution in [1.29, 1.82) is 0 Å². The van der Waals surface area contributed by atoms with Gasteiger partial charge in [0.15, 0.2) is 0 Å². The minimum Gasteiger partial charge on any atom is -0.325 e. The molecule has 0 atom stereocenters. The first kappa shape index (κ1) is 18.0. The number of hydrogen-bond donors (Lipinski definition) is 1. The van der Waals surface area contributed by atoms with E-state index in [4.69, 9.17) is 0 Å². The quantitative estimate of drug-likeness (QED) is 0.705. The fraction of sp³-hybridized carbons (Fsp3) is 0.0556. The van der Waals surface area contributed by atoms with Crippen LogP contribution in [0.2, 0.25) is 0 Å². The Kier molecular flexibility index (Phi) is 6.12. The first-order chi connectivity index (χ1) is 12.1. The topological polar surface area (TPSA) is 58.5 Å². The average Bonchev–Trinajstić information content (AvgIpc) is 2.96. The van der Waals surface area contributed by atoms with Crippen LogP contribution in [-0.2, 0) is 9.59 Å². The lowest BCUT2D eigenvalue weighted by Gasteiger charge is -2.04. The second-order valence-corrected chi connectivity index (χ2v) is 8.22. The molecule has 0 aromatic heterocycles. The van der Waals surface area contributed by atoms with Crippen LogP contribution in [0.15, 0.2) is 69.0 Å². The zero-order chi connectivity index (χ0) is 17.6. The third-order valence-electron chi connectivity index (χ3n) is 3.15.